The first-order chi connectivity index (χ1) is 8.36. The second-order valence-corrected chi connectivity index (χ2v) is 6.02. The highest BCUT2D eigenvalue weighted by Gasteiger charge is 2.33. The largest absolute Gasteiger partial charge is 0.469 e. The van der Waals surface area contributed by atoms with Gasteiger partial charge < -0.3 is 9.47 Å². The van der Waals surface area contributed by atoms with E-state index in [-0.39, 0.29) is 24.5 Å². The molecule has 0 amide bonds. The Morgan fingerprint density at radius 2 is 1.78 bits per heavy atom. The van der Waals surface area contributed by atoms with Gasteiger partial charge in [0.15, 0.2) is 0 Å². The summed E-state index contributed by atoms with van der Waals surface area (Å²) >= 11 is 0. The lowest BCUT2D eigenvalue weighted by molar-refractivity contribution is -0.160. The Morgan fingerprint density at radius 1 is 1.22 bits per heavy atom. The van der Waals surface area contributed by atoms with Crippen molar-refractivity contribution in [3.8, 4) is 0 Å². The average Bonchev–Trinajstić information content (AvgIpc) is 2.81. The minimum absolute atomic E-state index is 0.146. The summed E-state index contributed by atoms with van der Waals surface area (Å²) in [5.41, 5.74) is -0.531. The summed E-state index contributed by atoms with van der Waals surface area (Å²) in [5, 5.41) is 0. The van der Waals surface area contributed by atoms with Crippen LogP contribution < -0.4 is 0 Å². The fourth-order valence-corrected chi connectivity index (χ4v) is 2.29. The molecule has 1 aliphatic rings. The highest BCUT2D eigenvalue weighted by molar-refractivity contribution is 5.76. The number of esters is 2. The van der Waals surface area contributed by atoms with Crippen molar-refractivity contribution in [2.75, 3.05) is 13.7 Å². The summed E-state index contributed by atoms with van der Waals surface area (Å²) in [4.78, 5) is 23.5. The van der Waals surface area contributed by atoms with Gasteiger partial charge >= 0.3 is 11.9 Å². The first-order valence-corrected chi connectivity index (χ1v) is 6.61. The van der Waals surface area contributed by atoms with Gasteiger partial charge in [0.25, 0.3) is 0 Å². The summed E-state index contributed by atoms with van der Waals surface area (Å²) < 4.78 is 10.1. The van der Waals surface area contributed by atoms with Crippen molar-refractivity contribution in [1.29, 1.82) is 0 Å². The predicted molar refractivity (Wildman–Crippen MR) is 67.9 cm³/mol. The number of ether oxygens (including phenoxy) is 2. The normalized spacial score (nSPS) is 18.4. The Balaban J connectivity index is 2.56. The molecule has 1 fully saturated rings. The molecule has 0 spiro atoms. The first-order valence-electron chi connectivity index (χ1n) is 6.61. The molecule has 0 heterocycles. The van der Waals surface area contributed by atoms with Crippen LogP contribution in [0.4, 0.5) is 0 Å². The molecule has 1 saturated carbocycles. The second kappa shape index (κ2) is 6.21. The van der Waals surface area contributed by atoms with E-state index >= 15 is 0 Å². The molecule has 1 rings (SSSR count). The van der Waals surface area contributed by atoms with Gasteiger partial charge in [-0.2, -0.15) is 0 Å². The minimum atomic E-state index is -0.531. The zero-order valence-electron chi connectivity index (χ0n) is 11.8. The monoisotopic (exact) mass is 256 g/mol. The number of methoxy groups -OCH3 is 1. The highest BCUT2D eigenvalue weighted by Crippen LogP contribution is 2.32. The molecule has 104 valence electrons. The Hall–Kier alpha value is -1.06. The zero-order valence-corrected chi connectivity index (χ0v) is 11.8. The molecule has 0 aliphatic heterocycles. The molecule has 4 nitrogen and oxygen atoms in total. The van der Waals surface area contributed by atoms with Gasteiger partial charge in [-0.25, -0.2) is 0 Å². The van der Waals surface area contributed by atoms with Gasteiger partial charge in [0, 0.05) is 0 Å². The predicted octanol–water partition coefficient (Wildman–Crippen LogP) is 2.56. The standard InChI is InChI=1S/C14H24O4/c1-14(2,3)13(16)18-9-11(12(15)17-4)10-7-5-6-8-10/h10-11H,5-9H2,1-4H3. The quantitative estimate of drug-likeness (QED) is 0.725. The summed E-state index contributed by atoms with van der Waals surface area (Å²) in [7, 11) is 1.38. The van der Waals surface area contributed by atoms with Gasteiger partial charge in [0.1, 0.15) is 6.61 Å². The lowest BCUT2D eigenvalue weighted by atomic mass is 9.91. The molecular formula is C14H24O4. The molecule has 0 radical (unpaired) electrons. The maximum absolute atomic E-state index is 11.7. The first kappa shape index (κ1) is 15.0. The van der Waals surface area contributed by atoms with E-state index in [4.69, 9.17) is 9.47 Å². The number of rotatable bonds is 4. The number of carbonyl (C=O) groups is 2. The third-order valence-corrected chi connectivity index (χ3v) is 3.48. The third-order valence-electron chi connectivity index (χ3n) is 3.48. The van der Waals surface area contributed by atoms with Gasteiger partial charge in [-0.15, -0.1) is 0 Å². The maximum Gasteiger partial charge on any atom is 0.312 e. The van der Waals surface area contributed by atoms with Crippen LogP contribution in [0.1, 0.15) is 46.5 Å². The van der Waals surface area contributed by atoms with E-state index in [1.807, 2.05) is 0 Å². The summed E-state index contributed by atoms with van der Waals surface area (Å²) in [6.07, 6.45) is 4.33. The molecule has 0 saturated heterocycles. The van der Waals surface area contributed by atoms with E-state index in [1.54, 1.807) is 20.8 Å². The van der Waals surface area contributed by atoms with Gasteiger partial charge in [0.05, 0.1) is 18.4 Å². The average molecular weight is 256 g/mol. The molecule has 0 aromatic carbocycles. The molecular weight excluding hydrogens is 232 g/mol. The van der Waals surface area contributed by atoms with Crippen LogP contribution in [0.2, 0.25) is 0 Å². The smallest absolute Gasteiger partial charge is 0.312 e. The van der Waals surface area contributed by atoms with Crippen molar-refractivity contribution in [3.63, 3.8) is 0 Å². The van der Waals surface area contributed by atoms with Crippen molar-refractivity contribution in [1.82, 2.24) is 0 Å². The molecule has 18 heavy (non-hydrogen) atoms. The van der Waals surface area contributed by atoms with Crippen LogP contribution in [-0.4, -0.2) is 25.7 Å². The summed E-state index contributed by atoms with van der Waals surface area (Å²) in [6.45, 7) is 5.56. The fourth-order valence-electron chi connectivity index (χ4n) is 2.29. The molecule has 1 atom stereocenters. The third kappa shape index (κ3) is 4.00. The SMILES string of the molecule is COC(=O)C(COC(=O)C(C)(C)C)C1CCCC1. The Labute approximate surface area is 109 Å². The zero-order chi connectivity index (χ0) is 13.8. The van der Waals surface area contributed by atoms with Crippen molar-refractivity contribution in [3.05, 3.63) is 0 Å². The van der Waals surface area contributed by atoms with Gasteiger partial charge in [-0.1, -0.05) is 12.8 Å². The van der Waals surface area contributed by atoms with E-state index in [0.717, 1.165) is 25.7 Å². The molecule has 0 N–H and O–H groups in total. The Kier molecular flexibility index (Phi) is 5.17. The van der Waals surface area contributed by atoms with Crippen LogP contribution in [0.25, 0.3) is 0 Å². The molecule has 1 unspecified atom stereocenters. The van der Waals surface area contributed by atoms with Crippen molar-refractivity contribution in [2.45, 2.75) is 46.5 Å². The van der Waals surface area contributed by atoms with Crippen molar-refractivity contribution < 1.29 is 19.1 Å². The fraction of sp³-hybridized carbons (Fsp3) is 0.857. The van der Waals surface area contributed by atoms with Gasteiger partial charge in [0.2, 0.25) is 0 Å². The van der Waals surface area contributed by atoms with Crippen LogP contribution in [0.5, 0.6) is 0 Å². The lowest BCUT2D eigenvalue weighted by Crippen LogP contribution is -2.32. The molecule has 0 aromatic heterocycles. The van der Waals surface area contributed by atoms with Crippen molar-refractivity contribution in [2.24, 2.45) is 17.3 Å². The van der Waals surface area contributed by atoms with Gasteiger partial charge in [-0.05, 0) is 39.5 Å². The minimum Gasteiger partial charge on any atom is -0.469 e. The van der Waals surface area contributed by atoms with E-state index < -0.39 is 5.41 Å². The van der Waals surface area contributed by atoms with Crippen LogP contribution in [0.3, 0.4) is 0 Å². The van der Waals surface area contributed by atoms with Crippen LogP contribution >= 0.6 is 0 Å². The van der Waals surface area contributed by atoms with Crippen LogP contribution in [0.15, 0.2) is 0 Å². The summed E-state index contributed by atoms with van der Waals surface area (Å²) in [6, 6.07) is 0. The highest BCUT2D eigenvalue weighted by atomic mass is 16.5. The number of hydrogen-bond acceptors (Lipinski definition) is 4. The Morgan fingerprint density at radius 3 is 2.22 bits per heavy atom. The Bertz CT molecular complexity index is 297. The van der Waals surface area contributed by atoms with Crippen LogP contribution in [0, 0.1) is 17.3 Å². The summed E-state index contributed by atoms with van der Waals surface area (Å²) in [5.74, 6) is -0.535. The van der Waals surface area contributed by atoms with Crippen LogP contribution in [-0.2, 0) is 19.1 Å². The van der Waals surface area contributed by atoms with E-state index in [2.05, 4.69) is 0 Å². The maximum atomic E-state index is 11.7. The molecule has 1 aliphatic carbocycles. The number of hydrogen-bond donors (Lipinski definition) is 0. The van der Waals surface area contributed by atoms with E-state index in [1.165, 1.54) is 7.11 Å². The van der Waals surface area contributed by atoms with Crippen molar-refractivity contribution >= 4 is 11.9 Å². The van der Waals surface area contributed by atoms with Gasteiger partial charge in [-0.3, -0.25) is 9.59 Å². The molecule has 0 bridgehead atoms. The molecule has 0 aromatic rings. The molecule has 4 heteroatoms. The number of carbonyl (C=O) groups excluding carboxylic acids is 2. The lowest BCUT2D eigenvalue weighted by Gasteiger charge is -2.23. The topological polar surface area (TPSA) is 52.6 Å². The van der Waals surface area contributed by atoms with E-state index in [9.17, 15) is 9.59 Å². The van der Waals surface area contributed by atoms with E-state index in [0.29, 0.717) is 5.92 Å². The second-order valence-electron chi connectivity index (χ2n) is 6.02.